The van der Waals surface area contributed by atoms with Crippen LogP contribution >= 0.6 is 27.3 Å². The second kappa shape index (κ2) is 9.77. The van der Waals surface area contributed by atoms with E-state index >= 15 is 0 Å². The van der Waals surface area contributed by atoms with E-state index in [2.05, 4.69) is 46.2 Å². The molecular weight excluding hydrogens is 570 g/mol. The zero-order valence-corrected chi connectivity index (χ0v) is 21.9. The van der Waals surface area contributed by atoms with E-state index in [1.807, 2.05) is 41.8 Å². The molecule has 3 heterocycles. The smallest absolute Gasteiger partial charge is 0.349 e. The van der Waals surface area contributed by atoms with Crippen LogP contribution in [0.1, 0.15) is 16.1 Å². The summed E-state index contributed by atoms with van der Waals surface area (Å²) in [7, 11) is 0. The molecular formula is C27H18BrN5O4S. The molecule has 0 spiro atoms. The molecule has 38 heavy (non-hydrogen) atoms. The molecule has 0 aliphatic heterocycles. The predicted octanol–water partition coefficient (Wildman–Crippen LogP) is 5.92. The number of rotatable bonds is 6. The SMILES string of the molecule is O=C(Cc1csc2ccccc12)Nc1cccc2cc(C(=O)Nc3ccc(Br)cc3-c3noc(=O)[nH]3)[nH]c12. The molecule has 6 aromatic rings. The summed E-state index contributed by atoms with van der Waals surface area (Å²) >= 11 is 5.00. The number of carbonyl (C=O) groups is 2. The van der Waals surface area contributed by atoms with Crippen molar-refractivity contribution in [1.82, 2.24) is 15.1 Å². The number of aromatic amines is 2. The fourth-order valence-corrected chi connectivity index (χ4v) is 5.60. The van der Waals surface area contributed by atoms with Crippen molar-refractivity contribution >= 4 is 71.4 Å². The first kappa shape index (κ1) is 23.9. The Bertz CT molecular complexity index is 1900. The van der Waals surface area contributed by atoms with Crippen LogP contribution in [0.2, 0.25) is 0 Å². The van der Waals surface area contributed by atoms with Gasteiger partial charge >= 0.3 is 5.76 Å². The van der Waals surface area contributed by atoms with Crippen LogP contribution in [0.5, 0.6) is 0 Å². The zero-order valence-electron chi connectivity index (χ0n) is 19.5. The summed E-state index contributed by atoms with van der Waals surface area (Å²) in [5.41, 5.74) is 3.39. The molecule has 3 aromatic carbocycles. The first-order chi connectivity index (χ1) is 18.4. The average Bonchev–Trinajstić information content (AvgIpc) is 3.64. The number of benzene rings is 3. The van der Waals surface area contributed by atoms with Crippen molar-refractivity contribution in [3.8, 4) is 11.4 Å². The Kier molecular flexibility index (Phi) is 6.14. The summed E-state index contributed by atoms with van der Waals surface area (Å²) in [6, 6.07) is 20.3. The fourth-order valence-electron chi connectivity index (χ4n) is 4.28. The highest BCUT2D eigenvalue weighted by Crippen LogP contribution is 2.30. The number of thiophene rings is 1. The monoisotopic (exact) mass is 587 g/mol. The van der Waals surface area contributed by atoms with Gasteiger partial charge in [-0.1, -0.05) is 51.4 Å². The number of carbonyl (C=O) groups excluding carboxylic acids is 2. The quantitative estimate of drug-likeness (QED) is 0.192. The lowest BCUT2D eigenvalue weighted by Gasteiger charge is -2.09. The number of aromatic nitrogens is 3. The minimum absolute atomic E-state index is 0.150. The molecule has 0 atom stereocenters. The van der Waals surface area contributed by atoms with Crippen LogP contribution in [-0.4, -0.2) is 26.9 Å². The third-order valence-corrected chi connectivity index (χ3v) is 7.52. The van der Waals surface area contributed by atoms with Gasteiger partial charge in [0, 0.05) is 20.1 Å². The highest BCUT2D eigenvalue weighted by molar-refractivity contribution is 9.10. The second-order valence-corrected chi connectivity index (χ2v) is 10.3. The van der Waals surface area contributed by atoms with Crippen molar-refractivity contribution in [3.05, 3.63) is 98.4 Å². The minimum Gasteiger partial charge on any atom is -0.349 e. The standard InChI is InChI=1S/C27H18BrN5O4S/c28-16-8-9-19(18(12-16)25-32-27(36)37-33-25)31-26(35)21-10-14-4-3-6-20(24(14)30-21)29-23(34)11-15-13-38-22-7-2-1-5-17(15)22/h1-10,12-13,30H,11H2,(H,29,34)(H,31,35)(H,32,33,36). The number of nitrogens with one attached hydrogen (secondary N) is 4. The summed E-state index contributed by atoms with van der Waals surface area (Å²) in [6.45, 7) is 0. The third-order valence-electron chi connectivity index (χ3n) is 6.01. The van der Waals surface area contributed by atoms with Crippen LogP contribution in [0.15, 0.2) is 85.9 Å². The van der Waals surface area contributed by atoms with Gasteiger partial charge in [0.25, 0.3) is 5.91 Å². The van der Waals surface area contributed by atoms with Crippen LogP contribution in [-0.2, 0) is 11.2 Å². The number of para-hydroxylation sites is 1. The first-order valence-electron chi connectivity index (χ1n) is 11.5. The van der Waals surface area contributed by atoms with Crippen LogP contribution < -0.4 is 16.4 Å². The summed E-state index contributed by atoms with van der Waals surface area (Å²) in [6.07, 6.45) is 0.241. The lowest BCUT2D eigenvalue weighted by molar-refractivity contribution is -0.115. The van der Waals surface area contributed by atoms with E-state index in [4.69, 9.17) is 0 Å². The highest BCUT2D eigenvalue weighted by atomic mass is 79.9. The van der Waals surface area contributed by atoms with Gasteiger partial charge < -0.3 is 15.6 Å². The minimum atomic E-state index is -0.699. The maximum atomic E-state index is 13.2. The van der Waals surface area contributed by atoms with Gasteiger partial charge in [-0.2, -0.15) is 0 Å². The van der Waals surface area contributed by atoms with Crippen molar-refractivity contribution in [3.63, 3.8) is 0 Å². The Morgan fingerprint density at radius 1 is 0.974 bits per heavy atom. The Balaban J connectivity index is 1.24. The Hall–Kier alpha value is -4.48. The van der Waals surface area contributed by atoms with Gasteiger partial charge in [0.05, 0.1) is 23.3 Å². The van der Waals surface area contributed by atoms with E-state index in [1.54, 1.807) is 41.7 Å². The van der Waals surface area contributed by atoms with Crippen LogP contribution in [0.3, 0.4) is 0 Å². The van der Waals surface area contributed by atoms with E-state index in [0.29, 0.717) is 28.1 Å². The number of anilines is 2. The van der Waals surface area contributed by atoms with Crippen molar-refractivity contribution in [2.24, 2.45) is 0 Å². The molecule has 0 radical (unpaired) electrons. The molecule has 4 N–H and O–H groups in total. The van der Waals surface area contributed by atoms with E-state index in [9.17, 15) is 14.4 Å². The molecule has 0 aliphatic rings. The van der Waals surface area contributed by atoms with Gasteiger partial charge in [-0.3, -0.25) is 19.1 Å². The number of nitrogens with zero attached hydrogens (tertiary/aromatic N) is 1. The highest BCUT2D eigenvalue weighted by Gasteiger charge is 2.17. The summed E-state index contributed by atoms with van der Waals surface area (Å²) < 4.78 is 6.49. The van der Waals surface area contributed by atoms with Gasteiger partial charge in [-0.05, 0) is 52.7 Å². The van der Waals surface area contributed by atoms with Gasteiger partial charge in [0.1, 0.15) is 5.69 Å². The number of fused-ring (bicyclic) bond motifs is 2. The summed E-state index contributed by atoms with van der Waals surface area (Å²) in [5, 5.41) is 13.4. The average molecular weight is 588 g/mol. The molecule has 6 rings (SSSR count). The number of halogens is 1. The molecule has 0 aliphatic carbocycles. The van der Waals surface area contributed by atoms with Gasteiger partial charge in [-0.25, -0.2) is 4.79 Å². The van der Waals surface area contributed by atoms with Gasteiger partial charge in [-0.15, -0.1) is 11.3 Å². The topological polar surface area (TPSA) is 133 Å². The van der Waals surface area contributed by atoms with Crippen molar-refractivity contribution in [1.29, 1.82) is 0 Å². The lowest BCUT2D eigenvalue weighted by atomic mass is 10.1. The molecule has 9 nitrogen and oxygen atoms in total. The van der Waals surface area contributed by atoms with Gasteiger partial charge in [0.2, 0.25) is 5.91 Å². The summed E-state index contributed by atoms with van der Waals surface area (Å²) in [4.78, 5) is 43.1. The normalized spacial score (nSPS) is 11.2. The third kappa shape index (κ3) is 4.64. The molecule has 0 unspecified atom stereocenters. The van der Waals surface area contributed by atoms with Crippen LogP contribution in [0.4, 0.5) is 11.4 Å². The second-order valence-electron chi connectivity index (χ2n) is 8.52. The molecule has 0 fully saturated rings. The van der Waals surface area contributed by atoms with Crippen molar-refractivity contribution in [2.75, 3.05) is 10.6 Å². The largest absolute Gasteiger partial charge is 0.439 e. The van der Waals surface area contributed by atoms with Crippen molar-refractivity contribution < 1.29 is 14.1 Å². The van der Waals surface area contributed by atoms with Crippen LogP contribution in [0.25, 0.3) is 32.4 Å². The molecule has 0 saturated carbocycles. The predicted molar refractivity (Wildman–Crippen MR) is 151 cm³/mol. The molecule has 0 saturated heterocycles. The van der Waals surface area contributed by atoms with Crippen LogP contribution in [0, 0.1) is 0 Å². The molecule has 2 amide bonds. The Morgan fingerprint density at radius 3 is 2.68 bits per heavy atom. The Labute approximate surface area is 227 Å². The molecule has 188 valence electrons. The fraction of sp³-hybridized carbons (Fsp3) is 0.0370. The van der Waals surface area contributed by atoms with E-state index in [1.165, 1.54) is 0 Å². The molecule has 0 bridgehead atoms. The maximum Gasteiger partial charge on any atom is 0.439 e. The van der Waals surface area contributed by atoms with E-state index < -0.39 is 11.7 Å². The first-order valence-corrected chi connectivity index (χ1v) is 13.2. The molecule has 11 heteroatoms. The van der Waals surface area contributed by atoms with E-state index in [-0.39, 0.29) is 18.2 Å². The molecule has 3 aromatic heterocycles. The lowest BCUT2D eigenvalue weighted by Crippen LogP contribution is -2.15. The number of hydrogen-bond donors (Lipinski definition) is 4. The maximum absolute atomic E-state index is 13.2. The van der Waals surface area contributed by atoms with Gasteiger partial charge in [0.15, 0.2) is 5.82 Å². The number of amides is 2. The number of hydrogen-bond acceptors (Lipinski definition) is 6. The van der Waals surface area contributed by atoms with Crippen molar-refractivity contribution in [2.45, 2.75) is 6.42 Å². The van der Waals surface area contributed by atoms with E-state index in [0.717, 1.165) is 25.5 Å². The Morgan fingerprint density at radius 2 is 1.84 bits per heavy atom. The zero-order chi connectivity index (χ0) is 26.2. The summed E-state index contributed by atoms with van der Waals surface area (Å²) in [5.74, 6) is -1.07. The number of H-pyrrole nitrogens is 2.